The van der Waals surface area contributed by atoms with Crippen LogP contribution in [0.5, 0.6) is 0 Å². The molecule has 0 saturated carbocycles. The van der Waals surface area contributed by atoms with Gasteiger partial charge < -0.3 is 10.3 Å². The van der Waals surface area contributed by atoms with E-state index >= 15 is 4.39 Å². The molecule has 1 amide bonds. The monoisotopic (exact) mass is 567 g/mol. The van der Waals surface area contributed by atoms with Crippen LogP contribution in [0, 0.1) is 11.2 Å². The van der Waals surface area contributed by atoms with Crippen molar-refractivity contribution in [1.82, 2.24) is 30.1 Å². The number of benzene rings is 1. The second-order valence-corrected chi connectivity index (χ2v) is 12.1. The fourth-order valence-corrected chi connectivity index (χ4v) is 5.56. The average Bonchev–Trinajstić information content (AvgIpc) is 3.65. The third-order valence-electron chi connectivity index (χ3n) is 6.48. The highest BCUT2D eigenvalue weighted by molar-refractivity contribution is 7.17. The molecule has 0 aliphatic rings. The summed E-state index contributed by atoms with van der Waals surface area (Å²) in [5.41, 5.74) is 4.29. The van der Waals surface area contributed by atoms with Crippen molar-refractivity contribution in [3.05, 3.63) is 65.7 Å². The molecule has 0 fully saturated rings. The molecule has 206 valence electrons. The molecule has 0 radical (unpaired) electrons. The van der Waals surface area contributed by atoms with Crippen LogP contribution in [-0.4, -0.2) is 41.8 Å². The molecule has 11 heteroatoms. The largest absolute Gasteiger partial charge is 0.337 e. The summed E-state index contributed by atoms with van der Waals surface area (Å²) < 4.78 is 15.3. The average molecular weight is 568 g/mol. The number of rotatable bonds is 6. The molecular formula is C30H26FN7O2S. The fourth-order valence-electron chi connectivity index (χ4n) is 4.66. The number of nitrogens with zero attached hydrogens (tertiary/aromatic N) is 4. The summed E-state index contributed by atoms with van der Waals surface area (Å²) >= 11 is 1.36. The van der Waals surface area contributed by atoms with E-state index in [4.69, 9.17) is 4.98 Å². The Morgan fingerprint density at radius 2 is 1.88 bits per heavy atom. The van der Waals surface area contributed by atoms with Crippen LogP contribution in [0.1, 0.15) is 43.8 Å². The van der Waals surface area contributed by atoms with Gasteiger partial charge in [0.05, 0.1) is 27.2 Å². The van der Waals surface area contributed by atoms with Crippen molar-refractivity contribution in [3.8, 4) is 33.2 Å². The summed E-state index contributed by atoms with van der Waals surface area (Å²) in [7, 11) is 0. The van der Waals surface area contributed by atoms with Gasteiger partial charge in [-0.15, -0.1) is 11.3 Å². The van der Waals surface area contributed by atoms with Crippen LogP contribution in [-0.2, 0) is 4.79 Å². The zero-order chi connectivity index (χ0) is 28.9. The number of carbonyl (C=O) groups is 2. The third-order valence-corrected chi connectivity index (χ3v) is 7.68. The Morgan fingerprint density at radius 1 is 1.05 bits per heavy atom. The lowest BCUT2D eigenvalue weighted by Gasteiger charge is -2.17. The number of amides is 1. The van der Waals surface area contributed by atoms with E-state index in [1.165, 1.54) is 24.3 Å². The molecule has 0 aliphatic heterocycles. The number of ketones is 1. The van der Waals surface area contributed by atoms with Crippen molar-refractivity contribution in [2.45, 2.75) is 34.1 Å². The first-order chi connectivity index (χ1) is 19.6. The molecule has 5 aromatic heterocycles. The summed E-state index contributed by atoms with van der Waals surface area (Å²) in [6.45, 7) is 7.51. The molecule has 5 heterocycles. The van der Waals surface area contributed by atoms with E-state index in [0.717, 1.165) is 10.4 Å². The first kappa shape index (κ1) is 26.5. The van der Waals surface area contributed by atoms with Gasteiger partial charge in [0.2, 0.25) is 5.91 Å². The number of hydrogen-bond donors (Lipinski definition) is 3. The number of anilines is 1. The van der Waals surface area contributed by atoms with Crippen LogP contribution in [0.3, 0.4) is 0 Å². The van der Waals surface area contributed by atoms with Crippen LogP contribution in [0.2, 0.25) is 0 Å². The van der Waals surface area contributed by atoms with E-state index in [-0.39, 0.29) is 22.6 Å². The molecule has 0 aliphatic carbocycles. The van der Waals surface area contributed by atoms with Crippen molar-refractivity contribution in [1.29, 1.82) is 0 Å². The minimum Gasteiger partial charge on any atom is -0.337 e. The predicted octanol–water partition coefficient (Wildman–Crippen LogP) is 7.01. The van der Waals surface area contributed by atoms with Gasteiger partial charge in [0.1, 0.15) is 22.4 Å². The Kier molecular flexibility index (Phi) is 6.46. The lowest BCUT2D eigenvalue weighted by molar-refractivity contribution is -0.117. The van der Waals surface area contributed by atoms with Crippen LogP contribution in [0.4, 0.5) is 10.1 Å². The van der Waals surface area contributed by atoms with Crippen molar-refractivity contribution in [2.75, 3.05) is 5.32 Å². The number of pyridine rings is 2. The minimum absolute atomic E-state index is 0.00840. The first-order valence-electron chi connectivity index (χ1n) is 12.9. The summed E-state index contributed by atoms with van der Waals surface area (Å²) in [6, 6.07) is 10.4. The highest BCUT2D eigenvalue weighted by Crippen LogP contribution is 2.35. The van der Waals surface area contributed by atoms with E-state index < -0.39 is 5.82 Å². The van der Waals surface area contributed by atoms with Gasteiger partial charge in [-0.05, 0) is 54.3 Å². The summed E-state index contributed by atoms with van der Waals surface area (Å²) in [6.07, 6.45) is 5.22. The lowest BCUT2D eigenvalue weighted by Crippen LogP contribution is -2.19. The number of aromatic nitrogens is 6. The highest BCUT2D eigenvalue weighted by Gasteiger charge is 2.20. The van der Waals surface area contributed by atoms with Crippen molar-refractivity contribution in [3.63, 3.8) is 0 Å². The number of thiophene rings is 1. The maximum absolute atomic E-state index is 15.3. The van der Waals surface area contributed by atoms with Gasteiger partial charge in [0.25, 0.3) is 0 Å². The number of imidazole rings is 1. The van der Waals surface area contributed by atoms with Crippen LogP contribution >= 0.6 is 11.3 Å². The summed E-state index contributed by atoms with van der Waals surface area (Å²) in [5.74, 6) is -0.158. The van der Waals surface area contributed by atoms with Crippen molar-refractivity contribution < 1.29 is 14.0 Å². The molecule has 0 saturated heterocycles. The zero-order valence-corrected chi connectivity index (χ0v) is 23.6. The van der Waals surface area contributed by atoms with E-state index in [2.05, 4.69) is 30.5 Å². The van der Waals surface area contributed by atoms with Gasteiger partial charge in [-0.2, -0.15) is 5.10 Å². The number of aromatic amines is 2. The molecule has 41 heavy (non-hydrogen) atoms. The van der Waals surface area contributed by atoms with Gasteiger partial charge in [0.15, 0.2) is 17.4 Å². The van der Waals surface area contributed by atoms with Crippen molar-refractivity contribution in [2.24, 2.45) is 5.41 Å². The van der Waals surface area contributed by atoms with Gasteiger partial charge in [-0.3, -0.25) is 24.7 Å². The molecule has 3 N–H and O–H groups in total. The van der Waals surface area contributed by atoms with Gasteiger partial charge in [-0.25, -0.2) is 9.37 Å². The predicted molar refractivity (Wildman–Crippen MR) is 158 cm³/mol. The molecule has 0 unspecified atom stereocenters. The van der Waals surface area contributed by atoms with E-state index in [0.29, 0.717) is 56.2 Å². The molecule has 9 nitrogen and oxygen atoms in total. The maximum Gasteiger partial charge on any atom is 0.224 e. The minimum atomic E-state index is -0.504. The fraction of sp³-hybridized carbons (Fsp3) is 0.200. The van der Waals surface area contributed by atoms with Crippen molar-refractivity contribution >= 4 is 50.7 Å². The maximum atomic E-state index is 15.3. The number of hydrogen-bond acceptors (Lipinski definition) is 7. The topological polar surface area (TPSA) is 129 Å². The number of nitrogens with one attached hydrogen (secondary N) is 3. The van der Waals surface area contributed by atoms with Gasteiger partial charge in [-0.1, -0.05) is 20.8 Å². The number of fused-ring (bicyclic) bond motifs is 2. The quantitative estimate of drug-likeness (QED) is 0.186. The standard InChI is InChI=1S/C30H26FN7O2S/c1-15(39)22-5-6-23(41-22)28-27-21(7-8-33-28)35-29(36-27)26-19-10-16(11-20(31)25(19)37-38-26)17-9-18(14-32-13-17)34-24(40)12-30(2,3)4/h5-11,13-14H,12H2,1-4H3,(H,34,40)(H,35,36)(H,37,38). The Balaban J connectivity index is 1.39. The number of Topliss-reactive ketones (excluding diaryl/α,β-unsaturated/α-hetero) is 1. The molecule has 0 atom stereocenters. The van der Waals surface area contributed by atoms with E-state index in [1.807, 2.05) is 39.0 Å². The van der Waals surface area contributed by atoms with Crippen LogP contribution in [0.15, 0.2) is 55.0 Å². The Bertz CT molecular complexity index is 1960. The number of carbonyl (C=O) groups excluding carboxylic acids is 2. The number of H-pyrrole nitrogens is 2. The molecule has 0 spiro atoms. The Hall–Kier alpha value is -4.77. The van der Waals surface area contributed by atoms with E-state index in [9.17, 15) is 9.59 Å². The van der Waals surface area contributed by atoms with Gasteiger partial charge in [0, 0.05) is 29.8 Å². The first-order valence-corrected chi connectivity index (χ1v) is 13.8. The molecular weight excluding hydrogens is 541 g/mol. The van der Waals surface area contributed by atoms with Gasteiger partial charge >= 0.3 is 0 Å². The number of halogens is 1. The molecule has 0 bridgehead atoms. The third kappa shape index (κ3) is 5.23. The highest BCUT2D eigenvalue weighted by atomic mass is 32.1. The Morgan fingerprint density at radius 3 is 2.63 bits per heavy atom. The summed E-state index contributed by atoms with van der Waals surface area (Å²) in [4.78, 5) is 42.6. The van der Waals surface area contributed by atoms with E-state index in [1.54, 1.807) is 30.7 Å². The van der Waals surface area contributed by atoms with Crippen LogP contribution < -0.4 is 5.32 Å². The smallest absolute Gasteiger partial charge is 0.224 e. The van der Waals surface area contributed by atoms with Crippen LogP contribution in [0.25, 0.3) is 55.2 Å². The normalized spacial score (nSPS) is 11.8. The molecule has 1 aromatic carbocycles. The SMILES string of the molecule is CC(=O)c1ccc(-c2nccc3[nH]c(-c4[nH]nc5c(F)cc(-c6cncc(NC(=O)CC(C)(C)C)c6)cc45)nc23)s1. The molecule has 6 aromatic rings. The second-order valence-electron chi connectivity index (χ2n) is 11.1. The summed E-state index contributed by atoms with van der Waals surface area (Å²) in [5, 5.41) is 10.6. The Labute approximate surface area is 238 Å². The second kappa shape index (κ2) is 10.0. The zero-order valence-electron chi connectivity index (χ0n) is 22.8. The molecule has 6 rings (SSSR count). The lowest BCUT2D eigenvalue weighted by atomic mass is 9.92.